The summed E-state index contributed by atoms with van der Waals surface area (Å²) in [5, 5.41) is 36.9. The molecule has 2 heterocycles. The number of carbonyl (C=O) groups is 1. The van der Waals surface area contributed by atoms with Crippen molar-refractivity contribution in [1.82, 2.24) is 4.90 Å². The van der Waals surface area contributed by atoms with Crippen LogP contribution < -0.4 is 9.47 Å². The van der Waals surface area contributed by atoms with E-state index in [9.17, 15) is 24.7 Å². The fourth-order valence-corrected chi connectivity index (χ4v) is 11.3. The number of aliphatic hydroxyl groups is 2. The maximum atomic E-state index is 15.2. The van der Waals surface area contributed by atoms with E-state index < -0.39 is 29.0 Å². The number of oxime groups is 1. The lowest BCUT2D eigenvalue weighted by molar-refractivity contribution is -0.384. The van der Waals surface area contributed by atoms with Crippen LogP contribution in [0.4, 0.5) is 10.1 Å². The Morgan fingerprint density at radius 2 is 1.66 bits per heavy atom. The van der Waals surface area contributed by atoms with Crippen LogP contribution >= 0.6 is 0 Å². The molecule has 0 spiro atoms. The lowest BCUT2D eigenvalue weighted by atomic mass is 9.55. The zero-order valence-corrected chi connectivity index (χ0v) is 41.7. The number of amides is 1. The molecule has 7 rings (SSSR count). The van der Waals surface area contributed by atoms with Gasteiger partial charge in [0.05, 0.1) is 35.8 Å². The third kappa shape index (κ3) is 13.9. The summed E-state index contributed by atoms with van der Waals surface area (Å²) in [6, 6.07) is 17.2. The van der Waals surface area contributed by atoms with Crippen molar-refractivity contribution in [2.75, 3.05) is 26.4 Å². The molecule has 0 radical (unpaired) electrons. The van der Waals surface area contributed by atoms with E-state index in [1.165, 1.54) is 56.4 Å². The van der Waals surface area contributed by atoms with Gasteiger partial charge in [-0.25, -0.2) is 4.39 Å². The van der Waals surface area contributed by atoms with Crippen LogP contribution in [0, 0.1) is 33.7 Å². The summed E-state index contributed by atoms with van der Waals surface area (Å²) in [5.74, 6) is -1.56. The Labute approximate surface area is 419 Å². The summed E-state index contributed by atoms with van der Waals surface area (Å²) in [4.78, 5) is 34.8. The van der Waals surface area contributed by atoms with Crippen molar-refractivity contribution >= 4 is 17.3 Å². The number of hydrogen-bond donors (Lipinski definition) is 2. The van der Waals surface area contributed by atoms with Crippen LogP contribution in [-0.4, -0.2) is 76.2 Å². The van der Waals surface area contributed by atoms with Gasteiger partial charge in [0.25, 0.3) is 5.69 Å². The number of allylic oxidation sites excluding steroid dienone is 1. The highest BCUT2D eigenvalue weighted by Crippen LogP contribution is 2.62. The van der Waals surface area contributed by atoms with E-state index in [-0.39, 0.29) is 68.0 Å². The van der Waals surface area contributed by atoms with Crippen LogP contribution in [-0.2, 0) is 25.7 Å². The van der Waals surface area contributed by atoms with Crippen LogP contribution in [0.2, 0.25) is 0 Å². The Morgan fingerprint density at radius 1 is 0.930 bits per heavy atom. The second-order valence-corrected chi connectivity index (χ2v) is 19.8. The molecule has 7 unspecified atom stereocenters. The fraction of sp³-hybridized carbons (Fsp3) is 0.579. The van der Waals surface area contributed by atoms with Gasteiger partial charge in [-0.05, 0) is 104 Å². The van der Waals surface area contributed by atoms with Crippen LogP contribution in [0.25, 0.3) is 0 Å². The molecule has 3 aromatic carbocycles. The lowest BCUT2D eigenvalue weighted by Crippen LogP contribution is -2.70. The molecule has 71 heavy (non-hydrogen) atoms. The normalized spacial score (nSPS) is 24.0. The first-order valence-corrected chi connectivity index (χ1v) is 26.5. The van der Waals surface area contributed by atoms with E-state index >= 15 is 4.79 Å². The average Bonchev–Trinajstić information content (AvgIpc) is 3.38. The van der Waals surface area contributed by atoms with Gasteiger partial charge in [0.2, 0.25) is 18.0 Å². The van der Waals surface area contributed by atoms with Gasteiger partial charge in [0.15, 0.2) is 0 Å². The molecular weight excluding hydrogens is 906 g/mol. The Kier molecular flexibility index (Phi) is 20.4. The first-order valence-electron chi connectivity index (χ1n) is 26.5. The number of nitrogens with zero attached hydrogens (tertiary/aromatic N) is 3. The largest absolute Gasteiger partial charge is 0.459 e. The molecule has 2 aliphatic carbocycles. The Balaban J connectivity index is 1.38. The first kappa shape index (κ1) is 53.6. The monoisotopic (exact) mass is 982 g/mol. The number of fused-ring (bicyclic) bond motifs is 2. The number of benzene rings is 3. The van der Waals surface area contributed by atoms with E-state index in [1.807, 2.05) is 17.0 Å². The van der Waals surface area contributed by atoms with E-state index in [2.05, 4.69) is 19.6 Å². The summed E-state index contributed by atoms with van der Waals surface area (Å²) < 4.78 is 41.6. The summed E-state index contributed by atoms with van der Waals surface area (Å²) in [5.41, 5.74) is 3.06. The van der Waals surface area contributed by atoms with Crippen LogP contribution in [0.1, 0.15) is 152 Å². The summed E-state index contributed by atoms with van der Waals surface area (Å²) in [7, 11) is 0. The zero-order valence-electron chi connectivity index (χ0n) is 41.7. The van der Waals surface area contributed by atoms with Crippen molar-refractivity contribution in [2.45, 2.75) is 166 Å². The van der Waals surface area contributed by atoms with E-state index in [4.69, 9.17) is 28.9 Å². The smallest absolute Gasteiger partial charge is 0.273 e. The molecular formula is C57H76FN3O10. The van der Waals surface area contributed by atoms with Gasteiger partial charge < -0.3 is 38.9 Å². The van der Waals surface area contributed by atoms with Gasteiger partial charge in [0.1, 0.15) is 29.1 Å². The number of aliphatic hydroxyl groups excluding tert-OH is 2. The molecule has 7 atom stereocenters. The maximum Gasteiger partial charge on any atom is 0.273 e. The third-order valence-electron chi connectivity index (χ3n) is 14.8. The van der Waals surface area contributed by atoms with Crippen LogP contribution in [0.5, 0.6) is 17.2 Å². The van der Waals surface area contributed by atoms with Gasteiger partial charge in [0, 0.05) is 56.6 Å². The molecule has 2 aliphatic heterocycles. The van der Waals surface area contributed by atoms with Gasteiger partial charge >= 0.3 is 0 Å². The second-order valence-electron chi connectivity index (χ2n) is 19.8. The van der Waals surface area contributed by atoms with E-state index in [0.29, 0.717) is 61.7 Å². The Morgan fingerprint density at radius 3 is 2.37 bits per heavy atom. The summed E-state index contributed by atoms with van der Waals surface area (Å²) in [6.07, 6.45) is 20.8. The van der Waals surface area contributed by atoms with Crippen molar-refractivity contribution in [3.8, 4) is 17.2 Å². The van der Waals surface area contributed by atoms with Crippen molar-refractivity contribution in [3.63, 3.8) is 0 Å². The molecule has 4 aliphatic rings. The Bertz CT molecular complexity index is 2250. The average molecular weight is 982 g/mol. The molecule has 0 bridgehead atoms. The SMILES string of the molecule is C=CCOC12Oc3ccc(Oc4cccc([N+](=O)[O-])c4)cc3C3C(CCCCO)C(CCCCO)C=C(C(=NOC4CCCCO4)CC1N(Cc1ccc(F)cc1)C(=O)CCCCCCCCCCC)C32. The van der Waals surface area contributed by atoms with Crippen molar-refractivity contribution in [2.24, 2.45) is 22.9 Å². The lowest BCUT2D eigenvalue weighted by Gasteiger charge is -2.60. The molecule has 14 heteroatoms. The van der Waals surface area contributed by atoms with Crippen molar-refractivity contribution < 1.29 is 48.1 Å². The highest BCUT2D eigenvalue weighted by atomic mass is 19.1. The third-order valence-corrected chi connectivity index (χ3v) is 14.8. The maximum absolute atomic E-state index is 15.2. The molecule has 1 saturated carbocycles. The van der Waals surface area contributed by atoms with Gasteiger partial charge in [-0.1, -0.05) is 107 Å². The van der Waals surface area contributed by atoms with Crippen molar-refractivity contribution in [3.05, 3.63) is 118 Å². The first-order chi connectivity index (χ1) is 34.7. The Hall–Kier alpha value is -5.15. The topological polar surface area (TPSA) is 162 Å². The van der Waals surface area contributed by atoms with Crippen LogP contribution in [0.15, 0.2) is 96.2 Å². The zero-order chi connectivity index (χ0) is 50.0. The molecule has 3 aromatic rings. The molecule has 1 saturated heterocycles. The van der Waals surface area contributed by atoms with Crippen molar-refractivity contribution in [1.29, 1.82) is 0 Å². The molecule has 13 nitrogen and oxygen atoms in total. The summed E-state index contributed by atoms with van der Waals surface area (Å²) >= 11 is 0. The number of nitro groups is 1. The molecule has 1 amide bonds. The van der Waals surface area contributed by atoms with Crippen LogP contribution in [0.3, 0.4) is 0 Å². The number of halogens is 1. The minimum absolute atomic E-state index is 0.00262. The second kappa shape index (κ2) is 27.1. The molecule has 2 N–H and O–H groups in total. The molecule has 2 fully saturated rings. The standard InChI is InChI=1S/C57H76FN3O10/c1-3-5-6-7-8-9-10-11-12-24-53(64)60(40-41-26-28-43(58)29-27-41)52-39-50(59-71-54-25-15-18-35-67-54)48-36-42(20-13-16-32-62)47(23-14-17-33-63)55-49-38-46(69-45-22-19-21-44(37-45)61(65)66)30-31-51(49)70-57(52,56(48)55)68-34-4-2/h4,19,21-22,26-31,36-38,42,47,52,54-56,62-63H,2-3,5-18,20,23-25,32-35,39-40H2,1H3. The number of nitro benzene ring substituents is 1. The molecule has 386 valence electrons. The number of unbranched alkanes of at least 4 members (excludes halogenated alkanes) is 10. The number of hydrogen-bond acceptors (Lipinski definition) is 11. The van der Waals surface area contributed by atoms with Gasteiger partial charge in [-0.15, -0.1) is 6.58 Å². The number of carbonyl (C=O) groups excluding carboxylic acids is 1. The van der Waals surface area contributed by atoms with E-state index in [0.717, 1.165) is 74.5 Å². The predicted molar refractivity (Wildman–Crippen MR) is 272 cm³/mol. The van der Waals surface area contributed by atoms with Gasteiger partial charge in [-0.2, -0.15) is 0 Å². The number of ether oxygens (including phenoxy) is 4. The number of non-ortho nitro benzene ring substituents is 1. The fourth-order valence-electron chi connectivity index (χ4n) is 11.3. The highest BCUT2D eigenvalue weighted by molar-refractivity contribution is 6.03. The predicted octanol–water partition coefficient (Wildman–Crippen LogP) is 12.6. The summed E-state index contributed by atoms with van der Waals surface area (Å²) in [6.45, 7) is 7.23. The molecule has 0 aromatic heterocycles. The minimum Gasteiger partial charge on any atom is -0.459 e. The van der Waals surface area contributed by atoms with Gasteiger partial charge in [-0.3, -0.25) is 14.9 Å². The number of rotatable bonds is 29. The quantitative estimate of drug-likeness (QED) is 0.0296. The van der Waals surface area contributed by atoms with E-state index in [1.54, 1.807) is 36.4 Å². The minimum atomic E-state index is -1.50. The highest BCUT2D eigenvalue weighted by Gasteiger charge is 2.65.